The molecule has 1 fully saturated rings. The zero-order valence-electron chi connectivity index (χ0n) is 16.1. The van der Waals surface area contributed by atoms with Gasteiger partial charge in [0.2, 0.25) is 5.91 Å². The third-order valence-electron chi connectivity index (χ3n) is 5.72. The fourth-order valence-corrected chi connectivity index (χ4v) is 4.19. The van der Waals surface area contributed by atoms with Gasteiger partial charge in [-0.2, -0.15) is 0 Å². The van der Waals surface area contributed by atoms with Gasteiger partial charge in [-0.15, -0.1) is 0 Å². The Labute approximate surface area is 167 Å². The Morgan fingerprint density at radius 3 is 2.52 bits per heavy atom. The van der Waals surface area contributed by atoms with Gasteiger partial charge in [-0.3, -0.25) is 19.9 Å². The minimum absolute atomic E-state index is 0.0227. The third kappa shape index (κ3) is 3.29. The van der Waals surface area contributed by atoms with Crippen LogP contribution in [0.3, 0.4) is 0 Å². The normalized spacial score (nSPS) is 15.2. The van der Waals surface area contributed by atoms with E-state index in [4.69, 9.17) is 4.74 Å². The summed E-state index contributed by atoms with van der Waals surface area (Å²) in [5, 5.41) is 14.9. The molecule has 0 spiro atoms. The van der Waals surface area contributed by atoms with Crippen molar-refractivity contribution in [2.24, 2.45) is 0 Å². The van der Waals surface area contributed by atoms with Crippen LogP contribution in [-0.2, 0) is 10.2 Å². The van der Waals surface area contributed by atoms with E-state index in [0.29, 0.717) is 29.8 Å². The minimum Gasteiger partial charge on any atom is -0.494 e. The lowest BCUT2D eigenvalue weighted by Gasteiger charge is -2.28. The van der Waals surface area contributed by atoms with Crippen molar-refractivity contribution in [3.63, 3.8) is 0 Å². The highest BCUT2D eigenvalue weighted by Gasteiger charge is 2.43. The predicted octanol–water partition coefficient (Wildman–Crippen LogP) is 4.60. The van der Waals surface area contributed by atoms with Crippen molar-refractivity contribution in [3.8, 4) is 5.75 Å². The number of benzene rings is 2. The lowest BCUT2D eigenvalue weighted by Crippen LogP contribution is -2.38. The van der Waals surface area contributed by atoms with Crippen molar-refractivity contribution in [2.75, 3.05) is 12.4 Å². The van der Waals surface area contributed by atoms with Gasteiger partial charge < -0.3 is 10.1 Å². The van der Waals surface area contributed by atoms with Crippen molar-refractivity contribution in [1.29, 1.82) is 0 Å². The van der Waals surface area contributed by atoms with E-state index in [1.165, 1.54) is 12.1 Å². The Hall–Kier alpha value is -3.48. The number of methoxy groups -OCH3 is 1. The van der Waals surface area contributed by atoms with Crippen LogP contribution in [0.25, 0.3) is 10.9 Å². The average molecular weight is 391 g/mol. The van der Waals surface area contributed by atoms with Gasteiger partial charge in [0.1, 0.15) is 11.3 Å². The number of nitrogens with zero attached hydrogens (tertiary/aromatic N) is 2. The lowest BCUT2D eigenvalue weighted by molar-refractivity contribution is -0.384. The van der Waals surface area contributed by atoms with Gasteiger partial charge in [0, 0.05) is 23.7 Å². The van der Waals surface area contributed by atoms with Gasteiger partial charge in [0.05, 0.1) is 23.1 Å². The number of ether oxygens (including phenoxy) is 1. The van der Waals surface area contributed by atoms with Crippen molar-refractivity contribution < 1.29 is 14.5 Å². The molecule has 0 unspecified atom stereocenters. The second-order valence-electron chi connectivity index (χ2n) is 7.26. The van der Waals surface area contributed by atoms with Crippen LogP contribution in [0.5, 0.6) is 5.75 Å². The van der Waals surface area contributed by atoms with Crippen LogP contribution in [0, 0.1) is 10.1 Å². The van der Waals surface area contributed by atoms with E-state index >= 15 is 0 Å². The second kappa shape index (κ2) is 7.50. The first-order valence-corrected chi connectivity index (χ1v) is 9.53. The van der Waals surface area contributed by atoms with Crippen LogP contribution < -0.4 is 10.1 Å². The zero-order chi connectivity index (χ0) is 20.4. The van der Waals surface area contributed by atoms with E-state index in [-0.39, 0.29) is 11.6 Å². The molecule has 0 aliphatic heterocycles. The fourth-order valence-electron chi connectivity index (χ4n) is 4.19. The lowest BCUT2D eigenvalue weighted by atomic mass is 9.78. The topological polar surface area (TPSA) is 94.4 Å². The van der Waals surface area contributed by atoms with E-state index in [9.17, 15) is 14.9 Å². The van der Waals surface area contributed by atoms with E-state index < -0.39 is 10.3 Å². The second-order valence-corrected chi connectivity index (χ2v) is 7.26. The summed E-state index contributed by atoms with van der Waals surface area (Å²) < 4.78 is 5.38. The molecule has 1 heterocycles. The number of nitro groups is 1. The zero-order valence-corrected chi connectivity index (χ0v) is 16.1. The van der Waals surface area contributed by atoms with Gasteiger partial charge in [0.25, 0.3) is 5.69 Å². The first-order chi connectivity index (χ1) is 14.0. The van der Waals surface area contributed by atoms with Crippen LogP contribution in [0.4, 0.5) is 11.4 Å². The highest BCUT2D eigenvalue weighted by atomic mass is 16.6. The fraction of sp³-hybridized carbons (Fsp3) is 0.273. The van der Waals surface area contributed by atoms with Crippen LogP contribution in [0.1, 0.15) is 31.2 Å². The molecule has 0 radical (unpaired) electrons. The average Bonchev–Trinajstić information content (AvgIpc) is 3.25. The highest BCUT2D eigenvalue weighted by Crippen LogP contribution is 2.43. The molecule has 7 nitrogen and oxygen atoms in total. The number of carbonyl (C=O) groups is 1. The third-order valence-corrected chi connectivity index (χ3v) is 5.72. The number of pyridine rings is 1. The molecule has 1 aliphatic carbocycles. The van der Waals surface area contributed by atoms with Gasteiger partial charge in [-0.05, 0) is 42.7 Å². The SMILES string of the molecule is COc1ccc(NC(=O)C2(c3ccc([N+](=O)[O-])cc3)CCCC2)c2cccnc12. The van der Waals surface area contributed by atoms with Crippen LogP contribution >= 0.6 is 0 Å². The summed E-state index contributed by atoms with van der Waals surface area (Å²) in [5.41, 5.74) is 1.50. The molecule has 148 valence electrons. The standard InChI is InChI=1S/C22H21N3O4/c1-29-19-11-10-18(17-5-4-14-23-20(17)19)24-21(26)22(12-2-3-13-22)15-6-8-16(9-7-15)25(27)28/h4-11,14H,2-3,12-13H2,1H3,(H,24,26). The Balaban J connectivity index is 1.70. The van der Waals surface area contributed by atoms with E-state index in [2.05, 4.69) is 10.3 Å². The summed E-state index contributed by atoms with van der Waals surface area (Å²) in [6.07, 6.45) is 4.99. The number of anilines is 1. The van der Waals surface area contributed by atoms with E-state index in [1.54, 1.807) is 31.5 Å². The van der Waals surface area contributed by atoms with Gasteiger partial charge >= 0.3 is 0 Å². The van der Waals surface area contributed by atoms with Crippen molar-refractivity contribution in [3.05, 3.63) is 70.4 Å². The molecular formula is C22H21N3O4. The molecule has 4 rings (SSSR count). The van der Waals surface area contributed by atoms with Gasteiger partial charge in [-0.25, -0.2) is 0 Å². The largest absolute Gasteiger partial charge is 0.494 e. The predicted molar refractivity (Wildman–Crippen MR) is 110 cm³/mol. The number of hydrogen-bond acceptors (Lipinski definition) is 5. The van der Waals surface area contributed by atoms with Crippen LogP contribution in [0.15, 0.2) is 54.7 Å². The summed E-state index contributed by atoms with van der Waals surface area (Å²) in [6.45, 7) is 0. The molecule has 3 aromatic rings. The summed E-state index contributed by atoms with van der Waals surface area (Å²) in [6, 6.07) is 13.7. The molecular weight excluding hydrogens is 370 g/mol. The molecule has 0 saturated heterocycles. The Morgan fingerprint density at radius 1 is 1.14 bits per heavy atom. The van der Waals surface area contributed by atoms with Crippen molar-refractivity contribution in [2.45, 2.75) is 31.1 Å². The number of nitro benzene ring substituents is 1. The minimum atomic E-state index is -0.691. The molecule has 0 bridgehead atoms. The van der Waals surface area contributed by atoms with Crippen molar-refractivity contribution >= 4 is 28.2 Å². The maximum atomic E-state index is 13.5. The summed E-state index contributed by atoms with van der Waals surface area (Å²) in [5.74, 6) is 0.545. The number of amides is 1. The van der Waals surface area contributed by atoms with Gasteiger partial charge in [-0.1, -0.05) is 25.0 Å². The molecule has 1 N–H and O–H groups in total. The highest BCUT2D eigenvalue weighted by molar-refractivity contribution is 6.06. The summed E-state index contributed by atoms with van der Waals surface area (Å²) in [4.78, 5) is 28.4. The molecule has 1 amide bonds. The van der Waals surface area contributed by atoms with Crippen molar-refractivity contribution in [1.82, 2.24) is 4.98 Å². The number of aromatic nitrogens is 1. The molecule has 1 saturated carbocycles. The number of fused-ring (bicyclic) bond motifs is 1. The van der Waals surface area contributed by atoms with E-state index in [0.717, 1.165) is 23.8 Å². The Morgan fingerprint density at radius 2 is 1.86 bits per heavy atom. The summed E-state index contributed by atoms with van der Waals surface area (Å²) in [7, 11) is 1.59. The Kier molecular flexibility index (Phi) is 4.88. The molecule has 1 aliphatic rings. The Bertz CT molecular complexity index is 1070. The summed E-state index contributed by atoms with van der Waals surface area (Å²) >= 11 is 0. The molecule has 0 atom stereocenters. The maximum absolute atomic E-state index is 13.5. The maximum Gasteiger partial charge on any atom is 0.269 e. The molecule has 2 aromatic carbocycles. The monoisotopic (exact) mass is 391 g/mol. The number of rotatable bonds is 5. The first kappa shape index (κ1) is 18.9. The molecule has 29 heavy (non-hydrogen) atoms. The van der Waals surface area contributed by atoms with Gasteiger partial charge in [0.15, 0.2) is 0 Å². The smallest absolute Gasteiger partial charge is 0.269 e. The number of carbonyl (C=O) groups excluding carboxylic acids is 1. The van der Waals surface area contributed by atoms with Crippen LogP contribution in [-0.4, -0.2) is 22.9 Å². The van der Waals surface area contributed by atoms with Crippen LogP contribution in [0.2, 0.25) is 0 Å². The molecule has 1 aromatic heterocycles. The molecule has 7 heteroatoms. The van der Waals surface area contributed by atoms with E-state index in [1.807, 2.05) is 18.2 Å². The quantitative estimate of drug-likeness (QED) is 0.507. The number of nitrogens with one attached hydrogen (secondary N) is 1. The first-order valence-electron chi connectivity index (χ1n) is 9.53. The number of hydrogen-bond donors (Lipinski definition) is 1. The number of non-ortho nitro benzene ring substituents is 1.